The minimum atomic E-state index is -0.470. The molecule has 7 heteroatoms. The summed E-state index contributed by atoms with van der Waals surface area (Å²) < 4.78 is 8.69. The predicted molar refractivity (Wildman–Crippen MR) is 209 cm³/mol. The first-order valence-electron chi connectivity index (χ1n) is 18.1. The lowest BCUT2D eigenvalue weighted by molar-refractivity contribution is -0.439. The third-order valence-electron chi connectivity index (χ3n) is 10.7. The Kier molecular flexibility index (Phi) is 9.23. The molecule has 3 aliphatic rings. The molecule has 3 aliphatic heterocycles. The Labute approximate surface area is 301 Å². The zero-order chi connectivity index (χ0) is 35.8. The van der Waals surface area contributed by atoms with Gasteiger partial charge in [0.25, 0.3) is 5.69 Å². The van der Waals surface area contributed by atoms with Crippen molar-refractivity contribution in [2.24, 2.45) is 10.9 Å². The molecule has 0 aromatic heterocycles. The van der Waals surface area contributed by atoms with Gasteiger partial charge < -0.3 is 9.64 Å². The van der Waals surface area contributed by atoms with Crippen LogP contribution in [-0.2, 0) is 10.8 Å². The van der Waals surface area contributed by atoms with Crippen molar-refractivity contribution in [2.45, 2.75) is 64.7 Å². The summed E-state index contributed by atoms with van der Waals surface area (Å²) in [5, 5.41) is 14.4. The number of nitro benzene ring substituents is 1. The van der Waals surface area contributed by atoms with Crippen molar-refractivity contribution in [2.75, 3.05) is 24.6 Å². The van der Waals surface area contributed by atoms with Gasteiger partial charge >= 0.3 is 0 Å². The smallest absolute Gasteiger partial charge is 0.269 e. The molecule has 3 heterocycles. The number of para-hydroxylation sites is 1. The van der Waals surface area contributed by atoms with E-state index in [1.165, 1.54) is 27.7 Å². The summed E-state index contributed by atoms with van der Waals surface area (Å²) in [6.07, 6.45) is 13.7. The molecular formula is C44H47N4O3+. The molecule has 4 aromatic rings. The van der Waals surface area contributed by atoms with E-state index in [4.69, 9.17) is 9.73 Å². The number of hydrogen-bond donors (Lipinski definition) is 0. The molecule has 0 fully saturated rings. The van der Waals surface area contributed by atoms with Crippen LogP contribution in [0.2, 0.25) is 0 Å². The lowest BCUT2D eigenvalue weighted by Gasteiger charge is -2.27. The Balaban J connectivity index is 1.32. The van der Waals surface area contributed by atoms with Gasteiger partial charge in [0.1, 0.15) is 18.9 Å². The van der Waals surface area contributed by atoms with Crippen molar-refractivity contribution >= 4 is 39.8 Å². The number of nitrogens with zero attached hydrogens (tertiary/aromatic N) is 4. The van der Waals surface area contributed by atoms with E-state index in [2.05, 4.69) is 105 Å². The van der Waals surface area contributed by atoms with Gasteiger partial charge in [0.05, 0.1) is 16.9 Å². The highest BCUT2D eigenvalue weighted by Gasteiger charge is 2.49. The molecule has 0 bridgehead atoms. The number of allylic oxidation sites excluding steroid dienone is 6. The number of nitro groups is 1. The van der Waals surface area contributed by atoms with Gasteiger partial charge in [0, 0.05) is 77.8 Å². The standard InChI is InChI=1S/C44H47N4O3/c1-31(2)24-26-46-39-22-20-32-13-9-10-17-36(32)42(39)44(5,30-33-14-12-25-45-33)41(46)19-11-18-40-43(3,4)37-29-34(48(49)50)21-23-38(37)47(40)27-28-51-35-15-7-6-8-16-35/h6-11,13-23,25,29,31H,12,24,26-28,30H2,1-5H3/q+1. The van der Waals surface area contributed by atoms with Crippen LogP contribution in [-0.4, -0.2) is 41.1 Å². The van der Waals surface area contributed by atoms with Crippen LogP contribution in [0.5, 0.6) is 5.75 Å². The average molecular weight is 680 g/mol. The molecule has 1 unspecified atom stereocenters. The summed E-state index contributed by atoms with van der Waals surface area (Å²) in [6, 6.07) is 28.3. The number of hydrogen-bond acceptors (Lipinski definition) is 5. The Morgan fingerprint density at radius 3 is 2.55 bits per heavy atom. The maximum absolute atomic E-state index is 11.8. The second-order valence-electron chi connectivity index (χ2n) is 15.0. The van der Waals surface area contributed by atoms with E-state index >= 15 is 0 Å². The molecule has 7 nitrogen and oxygen atoms in total. The number of fused-ring (bicyclic) bond motifs is 4. The summed E-state index contributed by atoms with van der Waals surface area (Å²) in [6.45, 7) is 13.2. The van der Waals surface area contributed by atoms with E-state index in [9.17, 15) is 10.1 Å². The monoisotopic (exact) mass is 679 g/mol. The Morgan fingerprint density at radius 2 is 1.80 bits per heavy atom. The van der Waals surface area contributed by atoms with Gasteiger partial charge in [0.2, 0.25) is 5.69 Å². The average Bonchev–Trinajstić information content (AvgIpc) is 3.77. The molecule has 0 radical (unpaired) electrons. The number of rotatable bonds is 12. The van der Waals surface area contributed by atoms with Crippen LogP contribution in [0, 0.1) is 16.0 Å². The highest BCUT2D eigenvalue weighted by Crippen LogP contribution is 2.50. The number of aliphatic imine (C=N–C) groups is 1. The maximum Gasteiger partial charge on any atom is 0.269 e. The van der Waals surface area contributed by atoms with Crippen molar-refractivity contribution in [3.8, 4) is 5.75 Å². The van der Waals surface area contributed by atoms with Crippen molar-refractivity contribution in [1.29, 1.82) is 0 Å². The molecule has 0 N–H and O–H groups in total. The molecule has 51 heavy (non-hydrogen) atoms. The van der Waals surface area contributed by atoms with Gasteiger partial charge in [-0.05, 0) is 59.5 Å². The topological polar surface area (TPSA) is 71.0 Å². The van der Waals surface area contributed by atoms with Crippen molar-refractivity contribution < 1.29 is 14.2 Å². The highest BCUT2D eigenvalue weighted by molar-refractivity contribution is 6.08. The van der Waals surface area contributed by atoms with Crippen LogP contribution in [0.1, 0.15) is 65.0 Å². The Morgan fingerprint density at radius 1 is 1.02 bits per heavy atom. The maximum atomic E-state index is 11.8. The summed E-state index contributed by atoms with van der Waals surface area (Å²) in [5.74, 6) is 1.38. The number of non-ortho nitro benzene ring substituents is 1. The van der Waals surface area contributed by atoms with Gasteiger partial charge in [-0.15, -0.1) is 0 Å². The first-order chi connectivity index (χ1) is 24.6. The van der Waals surface area contributed by atoms with Crippen LogP contribution in [0.15, 0.2) is 126 Å². The molecule has 1 atom stereocenters. The molecule has 0 spiro atoms. The van der Waals surface area contributed by atoms with Gasteiger partial charge in [-0.2, -0.15) is 4.58 Å². The quantitative estimate of drug-likeness (QED) is 0.0849. The van der Waals surface area contributed by atoms with Gasteiger partial charge in [-0.25, -0.2) is 0 Å². The summed E-state index contributed by atoms with van der Waals surface area (Å²) in [4.78, 5) is 18.6. The first kappa shape index (κ1) is 34.2. The number of ether oxygens (including phenoxy) is 1. The van der Waals surface area contributed by atoms with E-state index in [1.54, 1.807) is 12.1 Å². The van der Waals surface area contributed by atoms with E-state index in [1.807, 2.05) is 42.6 Å². The van der Waals surface area contributed by atoms with Crippen LogP contribution in [0.4, 0.5) is 17.1 Å². The molecule has 0 amide bonds. The van der Waals surface area contributed by atoms with E-state index in [0.29, 0.717) is 19.1 Å². The second-order valence-corrected chi connectivity index (χ2v) is 15.0. The fraction of sp³-hybridized carbons (Fsp3) is 0.318. The largest absolute Gasteiger partial charge is 0.492 e. The number of benzene rings is 4. The predicted octanol–water partition coefficient (Wildman–Crippen LogP) is 10.2. The molecular weight excluding hydrogens is 633 g/mol. The molecule has 0 saturated carbocycles. The second kappa shape index (κ2) is 13.8. The molecule has 4 aromatic carbocycles. The summed E-state index contributed by atoms with van der Waals surface area (Å²) in [5.41, 5.74) is 7.34. The van der Waals surface area contributed by atoms with Crippen molar-refractivity contribution in [3.05, 3.63) is 142 Å². The van der Waals surface area contributed by atoms with Gasteiger partial charge in [-0.3, -0.25) is 15.1 Å². The third kappa shape index (κ3) is 6.42. The van der Waals surface area contributed by atoms with E-state index in [0.717, 1.165) is 54.2 Å². The van der Waals surface area contributed by atoms with Crippen molar-refractivity contribution in [3.63, 3.8) is 0 Å². The van der Waals surface area contributed by atoms with Crippen molar-refractivity contribution in [1.82, 2.24) is 0 Å². The third-order valence-corrected chi connectivity index (χ3v) is 10.7. The molecule has 0 saturated heterocycles. The number of anilines is 1. The van der Waals surface area contributed by atoms with E-state index in [-0.39, 0.29) is 16.0 Å². The Hall–Kier alpha value is -5.30. The SMILES string of the molecule is CC(C)CC[N+]1=C(/C=C/C=C2/N(CCOc3ccccc3)c3ccc([N+](=O)[O-])cc3C2(C)C)C(C)(CC2=CCC=N2)c2c1ccc1ccccc21. The minimum absolute atomic E-state index is 0.103. The van der Waals surface area contributed by atoms with Gasteiger partial charge in [-0.1, -0.05) is 82.3 Å². The minimum Gasteiger partial charge on any atom is -0.492 e. The van der Waals surface area contributed by atoms with Crippen LogP contribution in [0.25, 0.3) is 10.8 Å². The molecule has 7 rings (SSSR count). The fourth-order valence-corrected chi connectivity index (χ4v) is 8.11. The summed E-state index contributed by atoms with van der Waals surface area (Å²) in [7, 11) is 0. The van der Waals surface area contributed by atoms with Crippen LogP contribution >= 0.6 is 0 Å². The van der Waals surface area contributed by atoms with Gasteiger partial charge in [0.15, 0.2) is 5.71 Å². The normalized spacial score (nSPS) is 19.8. The zero-order valence-corrected chi connectivity index (χ0v) is 30.3. The Bertz CT molecular complexity index is 2140. The first-order valence-corrected chi connectivity index (χ1v) is 18.1. The lowest BCUT2D eigenvalue weighted by atomic mass is 9.74. The van der Waals surface area contributed by atoms with Crippen LogP contribution < -0.4 is 9.64 Å². The molecule has 0 aliphatic carbocycles. The lowest BCUT2D eigenvalue weighted by Crippen LogP contribution is -2.32. The van der Waals surface area contributed by atoms with E-state index < -0.39 is 5.41 Å². The highest BCUT2D eigenvalue weighted by atomic mass is 16.6. The molecule has 260 valence electrons. The zero-order valence-electron chi connectivity index (χ0n) is 30.3. The summed E-state index contributed by atoms with van der Waals surface area (Å²) >= 11 is 0. The van der Waals surface area contributed by atoms with Crippen LogP contribution in [0.3, 0.4) is 0 Å². The fourth-order valence-electron chi connectivity index (χ4n) is 8.11.